The lowest BCUT2D eigenvalue weighted by atomic mass is 10.1. The molecule has 0 saturated heterocycles. The Labute approximate surface area is 141 Å². The molecule has 3 aromatic heterocycles. The average molecular weight is 336 g/mol. The highest BCUT2D eigenvalue weighted by atomic mass is 19.1. The smallest absolute Gasteiger partial charge is 0.238 e. The second kappa shape index (κ2) is 5.62. The van der Waals surface area contributed by atoms with E-state index in [0.717, 1.165) is 5.56 Å². The van der Waals surface area contributed by atoms with E-state index >= 15 is 0 Å². The fraction of sp³-hybridized carbons (Fsp3) is 0.111. The Bertz CT molecular complexity index is 1160. The van der Waals surface area contributed by atoms with Gasteiger partial charge in [-0.15, -0.1) is 5.10 Å². The molecule has 0 aliphatic heterocycles. The van der Waals surface area contributed by atoms with Gasteiger partial charge in [0.1, 0.15) is 22.7 Å². The first-order valence-corrected chi connectivity index (χ1v) is 7.62. The maximum atomic E-state index is 13.9. The minimum atomic E-state index is -0.623. The van der Waals surface area contributed by atoms with Crippen LogP contribution in [-0.4, -0.2) is 20.0 Å². The van der Waals surface area contributed by atoms with Crippen LogP contribution in [0.5, 0.6) is 0 Å². The Morgan fingerprint density at radius 2 is 2.00 bits per heavy atom. The van der Waals surface area contributed by atoms with Crippen LogP contribution < -0.4 is 5.43 Å². The molecule has 0 N–H and O–H groups in total. The van der Waals surface area contributed by atoms with E-state index in [1.165, 1.54) is 16.9 Å². The number of fused-ring (bicyclic) bond motifs is 1. The van der Waals surface area contributed by atoms with E-state index in [2.05, 4.69) is 15.3 Å². The molecule has 0 atom stereocenters. The number of halogens is 1. The zero-order valence-corrected chi connectivity index (χ0v) is 13.5. The molecule has 0 fully saturated rings. The van der Waals surface area contributed by atoms with Crippen molar-refractivity contribution in [1.82, 2.24) is 20.0 Å². The summed E-state index contributed by atoms with van der Waals surface area (Å²) in [5.74, 6) is -0.0883. The van der Waals surface area contributed by atoms with Gasteiger partial charge >= 0.3 is 0 Å². The van der Waals surface area contributed by atoms with Crippen LogP contribution in [0.1, 0.15) is 11.5 Å². The number of hydrogen-bond acceptors (Lipinski definition) is 5. The minimum Gasteiger partial charge on any atom is -0.461 e. The first-order chi connectivity index (χ1) is 12.0. The summed E-state index contributed by atoms with van der Waals surface area (Å²) in [6.45, 7) is 3.51. The lowest BCUT2D eigenvalue weighted by Crippen LogP contribution is -2.03. The van der Waals surface area contributed by atoms with Crippen LogP contribution in [0.4, 0.5) is 4.39 Å². The molecule has 0 amide bonds. The van der Waals surface area contributed by atoms with Crippen LogP contribution in [-0.2, 0) is 0 Å². The van der Waals surface area contributed by atoms with E-state index in [1.54, 1.807) is 44.2 Å². The van der Waals surface area contributed by atoms with Crippen molar-refractivity contribution in [2.45, 2.75) is 13.8 Å². The number of hydrogen-bond donors (Lipinski definition) is 0. The van der Waals surface area contributed by atoms with Gasteiger partial charge in [-0.1, -0.05) is 11.3 Å². The van der Waals surface area contributed by atoms with Crippen molar-refractivity contribution < 1.29 is 8.81 Å². The van der Waals surface area contributed by atoms with Crippen molar-refractivity contribution in [2.75, 3.05) is 0 Å². The van der Waals surface area contributed by atoms with Crippen LogP contribution in [0.2, 0.25) is 0 Å². The van der Waals surface area contributed by atoms with Crippen molar-refractivity contribution in [2.24, 2.45) is 0 Å². The second-order valence-electron chi connectivity index (χ2n) is 5.68. The van der Waals surface area contributed by atoms with Crippen molar-refractivity contribution in [3.05, 3.63) is 70.2 Å². The van der Waals surface area contributed by atoms with Gasteiger partial charge in [-0.2, -0.15) is 4.39 Å². The van der Waals surface area contributed by atoms with Gasteiger partial charge in [-0.25, -0.2) is 9.67 Å². The molecule has 4 rings (SSSR count). The SMILES string of the molecule is Cc1cc(=O)c2ccc(-c3nnn(-c4cccnc4F)c3C)cc2o1. The molecule has 1 aromatic carbocycles. The van der Waals surface area contributed by atoms with Crippen LogP contribution >= 0.6 is 0 Å². The summed E-state index contributed by atoms with van der Waals surface area (Å²) >= 11 is 0. The molecular formula is C18H13FN4O2. The molecule has 0 spiro atoms. The predicted octanol–water partition coefficient (Wildman–Crippen LogP) is 3.19. The highest BCUT2D eigenvalue weighted by Crippen LogP contribution is 2.26. The highest BCUT2D eigenvalue weighted by Gasteiger charge is 2.16. The number of nitrogens with zero attached hydrogens (tertiary/aromatic N) is 4. The number of rotatable bonds is 2. The second-order valence-corrected chi connectivity index (χ2v) is 5.68. The third-order valence-corrected chi connectivity index (χ3v) is 3.99. The van der Waals surface area contributed by atoms with Crippen molar-refractivity contribution >= 4 is 11.0 Å². The first-order valence-electron chi connectivity index (χ1n) is 7.62. The van der Waals surface area contributed by atoms with E-state index in [4.69, 9.17) is 4.42 Å². The van der Waals surface area contributed by atoms with Gasteiger partial charge in [0.2, 0.25) is 5.95 Å². The molecule has 0 unspecified atom stereocenters. The summed E-state index contributed by atoms with van der Waals surface area (Å²) in [6, 6.07) is 9.87. The molecule has 7 heteroatoms. The lowest BCUT2D eigenvalue weighted by Gasteiger charge is -2.05. The van der Waals surface area contributed by atoms with Gasteiger partial charge in [-0.3, -0.25) is 4.79 Å². The fourth-order valence-corrected chi connectivity index (χ4v) is 2.78. The van der Waals surface area contributed by atoms with E-state index in [1.807, 2.05) is 0 Å². The Morgan fingerprint density at radius 1 is 1.16 bits per heavy atom. The number of pyridine rings is 1. The number of aryl methyl sites for hydroxylation is 1. The molecule has 0 radical (unpaired) electrons. The molecular weight excluding hydrogens is 323 g/mol. The van der Waals surface area contributed by atoms with Crippen LogP contribution in [0.15, 0.2) is 51.8 Å². The number of benzene rings is 1. The Hall–Kier alpha value is -3.35. The molecule has 0 aliphatic rings. The van der Waals surface area contributed by atoms with Gasteiger partial charge in [0.15, 0.2) is 5.43 Å². The topological polar surface area (TPSA) is 73.8 Å². The molecule has 4 aromatic rings. The van der Waals surface area contributed by atoms with Gasteiger partial charge in [0, 0.05) is 17.8 Å². The predicted molar refractivity (Wildman–Crippen MR) is 90.1 cm³/mol. The molecule has 25 heavy (non-hydrogen) atoms. The van der Waals surface area contributed by atoms with Crippen LogP contribution in [0.3, 0.4) is 0 Å². The normalized spacial score (nSPS) is 11.2. The third-order valence-electron chi connectivity index (χ3n) is 3.99. The fourth-order valence-electron chi connectivity index (χ4n) is 2.78. The van der Waals surface area contributed by atoms with E-state index in [-0.39, 0.29) is 11.1 Å². The van der Waals surface area contributed by atoms with E-state index in [0.29, 0.717) is 28.1 Å². The summed E-state index contributed by atoms with van der Waals surface area (Å²) in [5.41, 5.74) is 2.57. The highest BCUT2D eigenvalue weighted by molar-refractivity contribution is 5.82. The zero-order chi connectivity index (χ0) is 17.6. The molecule has 0 aliphatic carbocycles. The first kappa shape index (κ1) is 15.2. The van der Waals surface area contributed by atoms with Gasteiger partial charge < -0.3 is 4.42 Å². The van der Waals surface area contributed by atoms with Crippen LogP contribution in [0, 0.1) is 19.8 Å². The summed E-state index contributed by atoms with van der Waals surface area (Å²) in [6.07, 6.45) is 1.37. The average Bonchev–Trinajstić information content (AvgIpc) is 2.96. The van der Waals surface area contributed by atoms with Gasteiger partial charge in [0.05, 0.1) is 11.1 Å². The molecule has 0 bridgehead atoms. The minimum absolute atomic E-state index is 0.0943. The monoisotopic (exact) mass is 336 g/mol. The molecule has 0 saturated carbocycles. The third kappa shape index (κ3) is 2.50. The Balaban J connectivity index is 1.88. The maximum Gasteiger partial charge on any atom is 0.238 e. The van der Waals surface area contributed by atoms with Crippen LogP contribution in [0.25, 0.3) is 27.9 Å². The quantitative estimate of drug-likeness (QED) is 0.526. The zero-order valence-electron chi connectivity index (χ0n) is 13.5. The molecule has 6 nitrogen and oxygen atoms in total. The van der Waals surface area contributed by atoms with Crippen molar-refractivity contribution in [1.29, 1.82) is 0 Å². The maximum absolute atomic E-state index is 13.9. The standard InChI is InChI=1S/C18H13FN4O2/c1-10-8-15(24)13-6-5-12(9-16(13)25-10)17-11(2)23(22-21-17)14-4-3-7-20-18(14)19/h3-9H,1-2H3. The summed E-state index contributed by atoms with van der Waals surface area (Å²) in [7, 11) is 0. The Morgan fingerprint density at radius 3 is 2.80 bits per heavy atom. The van der Waals surface area contributed by atoms with Crippen molar-refractivity contribution in [3.8, 4) is 16.9 Å². The van der Waals surface area contributed by atoms with E-state index < -0.39 is 5.95 Å². The summed E-state index contributed by atoms with van der Waals surface area (Å²) < 4.78 is 20.9. The number of aromatic nitrogens is 4. The molecule has 124 valence electrons. The lowest BCUT2D eigenvalue weighted by molar-refractivity contribution is 0.564. The molecule has 3 heterocycles. The van der Waals surface area contributed by atoms with E-state index in [9.17, 15) is 9.18 Å². The summed E-state index contributed by atoms with van der Waals surface area (Å²) in [4.78, 5) is 15.6. The van der Waals surface area contributed by atoms with Gasteiger partial charge in [-0.05, 0) is 38.1 Å². The van der Waals surface area contributed by atoms with Gasteiger partial charge in [0.25, 0.3) is 0 Å². The van der Waals surface area contributed by atoms with Crippen molar-refractivity contribution in [3.63, 3.8) is 0 Å². The summed E-state index contributed by atoms with van der Waals surface area (Å²) in [5, 5.41) is 8.68. The Kier molecular flexibility index (Phi) is 3.42. The largest absolute Gasteiger partial charge is 0.461 e.